The van der Waals surface area contributed by atoms with Crippen LogP contribution in [0.1, 0.15) is 11.1 Å². The lowest BCUT2D eigenvalue weighted by Gasteiger charge is -2.21. The Balaban J connectivity index is 2.72. The zero-order chi connectivity index (χ0) is 14.1. The van der Waals surface area contributed by atoms with Gasteiger partial charge in [-0.2, -0.15) is 0 Å². The van der Waals surface area contributed by atoms with Gasteiger partial charge >= 0.3 is 0 Å². The van der Waals surface area contributed by atoms with Crippen LogP contribution >= 0.6 is 0 Å². The summed E-state index contributed by atoms with van der Waals surface area (Å²) in [5.74, 6) is 0.817. The van der Waals surface area contributed by atoms with E-state index >= 15 is 0 Å². The quantitative estimate of drug-likeness (QED) is 0.686. The number of ether oxygens (including phenoxy) is 2. The van der Waals surface area contributed by atoms with Crippen LogP contribution in [0.2, 0.25) is 0 Å². The number of aliphatic hydroxyl groups is 1. The van der Waals surface area contributed by atoms with Gasteiger partial charge in [0.05, 0.1) is 20.3 Å². The van der Waals surface area contributed by atoms with Gasteiger partial charge in [0.25, 0.3) is 0 Å². The minimum Gasteiger partial charge on any atom is -0.496 e. The summed E-state index contributed by atoms with van der Waals surface area (Å²) >= 11 is 0. The number of rotatable bonds is 9. The first-order chi connectivity index (χ1) is 9.24. The van der Waals surface area contributed by atoms with E-state index in [9.17, 15) is 0 Å². The molecule has 1 rings (SSSR count). The van der Waals surface area contributed by atoms with Crippen molar-refractivity contribution in [3.05, 3.63) is 29.3 Å². The normalized spacial score (nSPS) is 11.0. The fourth-order valence-electron chi connectivity index (χ4n) is 1.98. The fourth-order valence-corrected chi connectivity index (χ4v) is 1.98. The van der Waals surface area contributed by atoms with Gasteiger partial charge in [-0.25, -0.2) is 0 Å². The summed E-state index contributed by atoms with van der Waals surface area (Å²) in [4.78, 5) is 2.14. The lowest BCUT2D eigenvalue weighted by Crippen LogP contribution is -2.29. The highest BCUT2D eigenvalue weighted by Crippen LogP contribution is 2.20. The molecule has 0 spiro atoms. The Bertz CT molecular complexity index is 372. The maximum atomic E-state index is 9.07. The number of hydrogen-bond acceptors (Lipinski definition) is 5. The molecule has 0 radical (unpaired) electrons. The molecule has 19 heavy (non-hydrogen) atoms. The number of benzene rings is 1. The predicted octanol–water partition coefficient (Wildman–Crippen LogP) is 0.595. The summed E-state index contributed by atoms with van der Waals surface area (Å²) in [7, 11) is 3.32. The van der Waals surface area contributed by atoms with E-state index in [1.807, 2.05) is 12.1 Å². The molecule has 0 saturated heterocycles. The lowest BCUT2D eigenvalue weighted by molar-refractivity contribution is 0.127. The molecule has 0 aliphatic carbocycles. The fraction of sp³-hybridized carbons (Fsp3) is 0.571. The van der Waals surface area contributed by atoms with Crippen LogP contribution in [0.15, 0.2) is 18.2 Å². The molecule has 0 amide bonds. The summed E-state index contributed by atoms with van der Waals surface area (Å²) in [6.07, 6.45) is 0. The molecule has 1 aromatic rings. The van der Waals surface area contributed by atoms with Gasteiger partial charge in [-0.05, 0) is 17.7 Å². The van der Waals surface area contributed by atoms with Gasteiger partial charge < -0.3 is 20.3 Å². The molecular formula is C14H24N2O3. The SMILES string of the molecule is COCCN(CCO)Cc1ccc(OC)c(CN)c1. The summed E-state index contributed by atoms with van der Waals surface area (Å²) < 4.78 is 10.3. The standard InChI is InChI=1S/C14H24N2O3/c1-18-8-6-16(5-7-17)11-12-3-4-14(19-2)13(9-12)10-15/h3-4,9,17H,5-8,10-11,15H2,1-2H3. The molecule has 0 aromatic heterocycles. The van der Waals surface area contributed by atoms with Crippen molar-refractivity contribution in [3.8, 4) is 5.75 Å². The molecule has 0 fully saturated rings. The number of nitrogens with two attached hydrogens (primary N) is 1. The van der Waals surface area contributed by atoms with Crippen molar-refractivity contribution in [2.75, 3.05) is 40.5 Å². The van der Waals surface area contributed by atoms with Gasteiger partial charge in [0.15, 0.2) is 0 Å². The van der Waals surface area contributed by atoms with Crippen molar-refractivity contribution >= 4 is 0 Å². The monoisotopic (exact) mass is 268 g/mol. The molecule has 3 N–H and O–H groups in total. The predicted molar refractivity (Wildman–Crippen MR) is 75.1 cm³/mol. The molecular weight excluding hydrogens is 244 g/mol. The first-order valence-corrected chi connectivity index (χ1v) is 6.43. The van der Waals surface area contributed by atoms with Crippen LogP contribution in [-0.2, 0) is 17.8 Å². The molecule has 0 heterocycles. The van der Waals surface area contributed by atoms with E-state index in [0.29, 0.717) is 19.7 Å². The van der Waals surface area contributed by atoms with Crippen LogP contribution in [-0.4, -0.2) is 50.5 Å². The van der Waals surface area contributed by atoms with Crippen LogP contribution in [0, 0.1) is 0 Å². The molecule has 5 nitrogen and oxygen atoms in total. The van der Waals surface area contributed by atoms with Crippen LogP contribution < -0.4 is 10.5 Å². The maximum absolute atomic E-state index is 9.07. The van der Waals surface area contributed by atoms with Crippen LogP contribution in [0.3, 0.4) is 0 Å². The van der Waals surface area contributed by atoms with Gasteiger partial charge in [0.1, 0.15) is 5.75 Å². The van der Waals surface area contributed by atoms with E-state index in [0.717, 1.165) is 30.0 Å². The Hall–Kier alpha value is -1.14. The topological polar surface area (TPSA) is 68.0 Å². The Labute approximate surface area is 114 Å². The highest BCUT2D eigenvalue weighted by Gasteiger charge is 2.08. The van der Waals surface area contributed by atoms with E-state index in [1.54, 1.807) is 14.2 Å². The largest absolute Gasteiger partial charge is 0.496 e. The molecule has 0 aliphatic heterocycles. The Kier molecular flexibility index (Phi) is 7.43. The summed E-state index contributed by atoms with van der Waals surface area (Å²) in [6, 6.07) is 6.01. The van der Waals surface area contributed by atoms with Crippen molar-refractivity contribution < 1.29 is 14.6 Å². The van der Waals surface area contributed by atoms with Crippen LogP contribution in [0.4, 0.5) is 0 Å². The van der Waals surface area contributed by atoms with Crippen LogP contribution in [0.5, 0.6) is 5.75 Å². The highest BCUT2D eigenvalue weighted by atomic mass is 16.5. The molecule has 0 atom stereocenters. The maximum Gasteiger partial charge on any atom is 0.123 e. The second-order valence-corrected chi connectivity index (χ2v) is 4.34. The van der Waals surface area contributed by atoms with Crippen molar-refractivity contribution in [3.63, 3.8) is 0 Å². The molecule has 0 saturated carbocycles. The van der Waals surface area contributed by atoms with E-state index in [4.69, 9.17) is 20.3 Å². The average Bonchev–Trinajstić information content (AvgIpc) is 2.44. The minimum atomic E-state index is 0.142. The van der Waals surface area contributed by atoms with Gasteiger partial charge in [0.2, 0.25) is 0 Å². The van der Waals surface area contributed by atoms with Gasteiger partial charge in [-0.15, -0.1) is 0 Å². The molecule has 1 aromatic carbocycles. The van der Waals surface area contributed by atoms with Crippen molar-refractivity contribution in [1.82, 2.24) is 4.90 Å². The zero-order valence-corrected chi connectivity index (χ0v) is 11.8. The Morgan fingerprint density at radius 2 is 2.05 bits per heavy atom. The number of hydrogen-bond donors (Lipinski definition) is 2. The third kappa shape index (κ3) is 5.16. The van der Waals surface area contributed by atoms with E-state index in [-0.39, 0.29) is 6.61 Å². The second-order valence-electron chi connectivity index (χ2n) is 4.34. The van der Waals surface area contributed by atoms with Gasteiger partial charge in [0, 0.05) is 38.9 Å². The Morgan fingerprint density at radius 1 is 1.26 bits per heavy atom. The third-order valence-electron chi connectivity index (χ3n) is 3.00. The van der Waals surface area contributed by atoms with E-state index in [1.165, 1.54) is 0 Å². The van der Waals surface area contributed by atoms with Gasteiger partial charge in [-0.3, -0.25) is 4.90 Å². The smallest absolute Gasteiger partial charge is 0.123 e. The molecule has 0 unspecified atom stereocenters. The molecule has 5 heteroatoms. The van der Waals surface area contributed by atoms with Crippen LogP contribution in [0.25, 0.3) is 0 Å². The zero-order valence-electron chi connectivity index (χ0n) is 11.8. The number of nitrogens with zero attached hydrogens (tertiary/aromatic N) is 1. The number of methoxy groups -OCH3 is 2. The number of aliphatic hydroxyl groups excluding tert-OH is 1. The van der Waals surface area contributed by atoms with Crippen molar-refractivity contribution in [2.24, 2.45) is 5.73 Å². The minimum absolute atomic E-state index is 0.142. The average molecular weight is 268 g/mol. The lowest BCUT2D eigenvalue weighted by atomic mass is 10.1. The summed E-state index contributed by atoms with van der Waals surface area (Å²) in [5, 5.41) is 9.07. The second kappa shape index (κ2) is 8.87. The van der Waals surface area contributed by atoms with E-state index < -0.39 is 0 Å². The van der Waals surface area contributed by atoms with Crippen molar-refractivity contribution in [2.45, 2.75) is 13.1 Å². The third-order valence-corrected chi connectivity index (χ3v) is 3.00. The molecule has 0 bridgehead atoms. The summed E-state index contributed by atoms with van der Waals surface area (Å²) in [6.45, 7) is 3.44. The molecule has 108 valence electrons. The van der Waals surface area contributed by atoms with Gasteiger partial charge in [-0.1, -0.05) is 6.07 Å². The van der Waals surface area contributed by atoms with Crippen molar-refractivity contribution in [1.29, 1.82) is 0 Å². The first-order valence-electron chi connectivity index (χ1n) is 6.43. The summed E-state index contributed by atoms with van der Waals surface area (Å²) in [5.41, 5.74) is 7.87. The Morgan fingerprint density at radius 3 is 2.63 bits per heavy atom. The van der Waals surface area contributed by atoms with E-state index in [2.05, 4.69) is 11.0 Å². The highest BCUT2D eigenvalue weighted by molar-refractivity contribution is 5.37. The first kappa shape index (κ1) is 15.9. The molecule has 0 aliphatic rings.